The third-order valence-electron chi connectivity index (χ3n) is 6.10. The molecule has 3 atom stereocenters. The highest BCUT2D eigenvalue weighted by atomic mass is 16.3. The van der Waals surface area contributed by atoms with E-state index in [-0.39, 0.29) is 13.0 Å². The van der Waals surface area contributed by atoms with Crippen LogP contribution >= 0.6 is 0 Å². The molecule has 0 rings (SSSR count). The van der Waals surface area contributed by atoms with Crippen LogP contribution in [0.4, 0.5) is 0 Å². The third-order valence-corrected chi connectivity index (χ3v) is 6.10. The first kappa shape index (κ1) is 34.3. The summed E-state index contributed by atoms with van der Waals surface area (Å²) in [6, 6.07) is -0.788. The van der Waals surface area contributed by atoms with Gasteiger partial charge in [0.1, 0.15) is 0 Å². The summed E-state index contributed by atoms with van der Waals surface area (Å²) in [5, 5.41) is 32.5. The third kappa shape index (κ3) is 22.8. The second kappa shape index (κ2) is 26.4. The van der Waals surface area contributed by atoms with Crippen LogP contribution in [-0.4, -0.2) is 46.1 Å². The predicted octanol–water partition coefficient (Wildman–Crippen LogP) is 6.69. The molecule has 0 spiro atoms. The number of unbranched alkanes of at least 4 members (excludes halogenated alkanes) is 11. The summed E-state index contributed by atoms with van der Waals surface area (Å²) in [5.41, 5.74) is 0. The lowest BCUT2D eigenvalue weighted by molar-refractivity contribution is -0.124. The minimum absolute atomic E-state index is 0.103. The van der Waals surface area contributed by atoms with Crippen LogP contribution in [0.15, 0.2) is 48.6 Å². The average Bonchev–Trinajstić information content (AvgIpc) is 2.86. The quantitative estimate of drug-likeness (QED) is 0.0869. The molecule has 0 radical (unpaired) electrons. The van der Waals surface area contributed by atoms with Crippen molar-refractivity contribution in [3.63, 3.8) is 0 Å². The van der Waals surface area contributed by atoms with Gasteiger partial charge in [-0.2, -0.15) is 0 Å². The molecule has 5 nitrogen and oxygen atoms in total. The lowest BCUT2D eigenvalue weighted by atomic mass is 10.1. The zero-order valence-corrected chi connectivity index (χ0v) is 23.1. The summed E-state index contributed by atoms with van der Waals surface area (Å²) in [7, 11) is 0. The standard InChI is InChI=1S/C31H55NO4/c1-3-5-7-9-11-13-15-16-18-20-22-24-28(34)26-31(36)32-29(27-33)30(35)25-23-21-19-17-14-12-10-8-6-4-2/h14,16-18,22-25,28-30,33-35H,3-13,15,19-21,26-27H2,1-2H3,(H,32,36)/b17-14+,18-16-,24-22-,25-23+. The Labute approximate surface area is 221 Å². The minimum Gasteiger partial charge on any atom is -0.394 e. The summed E-state index contributed by atoms with van der Waals surface area (Å²) in [5.74, 6) is -0.400. The van der Waals surface area contributed by atoms with E-state index >= 15 is 0 Å². The topological polar surface area (TPSA) is 89.8 Å². The molecular weight excluding hydrogens is 450 g/mol. The van der Waals surface area contributed by atoms with Gasteiger partial charge in [-0.05, 0) is 44.9 Å². The first-order valence-corrected chi connectivity index (χ1v) is 14.4. The van der Waals surface area contributed by atoms with Gasteiger partial charge >= 0.3 is 0 Å². The Hall–Kier alpha value is -1.69. The van der Waals surface area contributed by atoms with Crippen LogP contribution in [0.25, 0.3) is 0 Å². The molecule has 0 saturated carbocycles. The van der Waals surface area contributed by atoms with E-state index in [1.807, 2.05) is 12.2 Å². The molecule has 0 fully saturated rings. The second-order valence-corrected chi connectivity index (χ2v) is 9.64. The maximum absolute atomic E-state index is 12.2. The van der Waals surface area contributed by atoms with E-state index in [1.54, 1.807) is 12.2 Å². The van der Waals surface area contributed by atoms with Crippen molar-refractivity contribution in [1.29, 1.82) is 0 Å². The molecule has 36 heavy (non-hydrogen) atoms. The Morgan fingerprint density at radius 1 is 0.694 bits per heavy atom. The monoisotopic (exact) mass is 505 g/mol. The fraction of sp³-hybridized carbons (Fsp3) is 0.710. The van der Waals surface area contributed by atoms with Crippen LogP contribution in [0.1, 0.15) is 117 Å². The van der Waals surface area contributed by atoms with E-state index in [0.717, 1.165) is 32.1 Å². The number of amides is 1. The number of nitrogens with one attached hydrogen (secondary N) is 1. The Bertz CT molecular complexity index is 612. The molecule has 3 unspecified atom stereocenters. The van der Waals surface area contributed by atoms with Gasteiger partial charge in [0.05, 0.1) is 31.3 Å². The molecule has 1 amide bonds. The summed E-state index contributed by atoms with van der Waals surface area (Å²) in [6.45, 7) is 4.07. The Morgan fingerprint density at radius 3 is 1.92 bits per heavy atom. The van der Waals surface area contributed by atoms with E-state index in [0.29, 0.717) is 0 Å². The maximum atomic E-state index is 12.2. The SMILES string of the molecule is CCCCCC/C=C/CC/C=C/C(O)C(CO)NC(=O)CC(O)/C=C\C/C=C\CCCCCCCC. The second-order valence-electron chi connectivity index (χ2n) is 9.64. The van der Waals surface area contributed by atoms with Gasteiger partial charge in [0.25, 0.3) is 0 Å². The van der Waals surface area contributed by atoms with Crippen LogP contribution in [-0.2, 0) is 4.79 Å². The van der Waals surface area contributed by atoms with Crippen LogP contribution in [0.5, 0.6) is 0 Å². The molecular formula is C31H55NO4. The van der Waals surface area contributed by atoms with Gasteiger partial charge in [-0.15, -0.1) is 0 Å². The number of carbonyl (C=O) groups excluding carboxylic acids is 1. The molecule has 208 valence electrons. The van der Waals surface area contributed by atoms with Crippen LogP contribution < -0.4 is 5.32 Å². The first-order chi connectivity index (χ1) is 17.5. The predicted molar refractivity (Wildman–Crippen MR) is 153 cm³/mol. The van der Waals surface area contributed by atoms with Gasteiger partial charge in [-0.1, -0.05) is 114 Å². The number of rotatable bonds is 24. The van der Waals surface area contributed by atoms with Gasteiger partial charge in [-0.3, -0.25) is 4.79 Å². The lowest BCUT2D eigenvalue weighted by Gasteiger charge is -2.20. The molecule has 0 aromatic rings. The zero-order valence-electron chi connectivity index (χ0n) is 23.1. The van der Waals surface area contributed by atoms with Crippen molar-refractivity contribution in [3.8, 4) is 0 Å². The number of allylic oxidation sites excluding steroid dienone is 6. The number of carbonyl (C=O) groups is 1. The van der Waals surface area contributed by atoms with Crippen molar-refractivity contribution < 1.29 is 20.1 Å². The molecule has 5 heteroatoms. The average molecular weight is 506 g/mol. The van der Waals surface area contributed by atoms with Crippen molar-refractivity contribution in [2.45, 2.75) is 135 Å². The van der Waals surface area contributed by atoms with Gasteiger partial charge < -0.3 is 20.6 Å². The fourth-order valence-electron chi connectivity index (χ4n) is 3.82. The highest BCUT2D eigenvalue weighted by Gasteiger charge is 2.19. The van der Waals surface area contributed by atoms with Crippen molar-refractivity contribution in [3.05, 3.63) is 48.6 Å². The molecule has 0 bridgehead atoms. The number of hydrogen-bond acceptors (Lipinski definition) is 4. The summed E-state index contributed by atoms with van der Waals surface area (Å²) >= 11 is 0. The molecule has 0 aliphatic rings. The molecule has 0 saturated heterocycles. The van der Waals surface area contributed by atoms with Crippen molar-refractivity contribution in [2.75, 3.05) is 6.61 Å². The van der Waals surface area contributed by atoms with E-state index in [1.165, 1.54) is 64.2 Å². The smallest absolute Gasteiger partial charge is 0.223 e. The van der Waals surface area contributed by atoms with Crippen LogP contribution in [0.3, 0.4) is 0 Å². The Balaban J connectivity index is 4.04. The van der Waals surface area contributed by atoms with E-state index in [9.17, 15) is 20.1 Å². The zero-order chi connectivity index (χ0) is 26.7. The maximum Gasteiger partial charge on any atom is 0.223 e. The molecule has 0 aliphatic carbocycles. The molecule has 0 aromatic carbocycles. The number of hydrogen-bond donors (Lipinski definition) is 4. The Morgan fingerprint density at radius 2 is 1.25 bits per heavy atom. The van der Waals surface area contributed by atoms with Crippen LogP contribution in [0.2, 0.25) is 0 Å². The number of aliphatic hydroxyl groups excluding tert-OH is 3. The van der Waals surface area contributed by atoms with E-state index < -0.39 is 24.2 Å². The van der Waals surface area contributed by atoms with E-state index in [4.69, 9.17) is 0 Å². The molecule has 0 aliphatic heterocycles. The summed E-state index contributed by atoms with van der Waals surface area (Å²) < 4.78 is 0. The molecule has 4 N–H and O–H groups in total. The van der Waals surface area contributed by atoms with Gasteiger partial charge in [0, 0.05) is 0 Å². The first-order valence-electron chi connectivity index (χ1n) is 14.4. The number of aliphatic hydroxyl groups is 3. The minimum atomic E-state index is -0.971. The summed E-state index contributed by atoms with van der Waals surface area (Å²) in [6.07, 6.45) is 31.1. The van der Waals surface area contributed by atoms with Gasteiger partial charge in [0.15, 0.2) is 0 Å². The van der Waals surface area contributed by atoms with Crippen molar-refractivity contribution in [2.24, 2.45) is 0 Å². The fourth-order valence-corrected chi connectivity index (χ4v) is 3.82. The molecule has 0 heterocycles. The normalized spacial score (nSPS) is 14.9. The highest BCUT2D eigenvalue weighted by molar-refractivity contribution is 5.77. The lowest BCUT2D eigenvalue weighted by Crippen LogP contribution is -2.45. The van der Waals surface area contributed by atoms with Gasteiger partial charge in [-0.25, -0.2) is 0 Å². The van der Waals surface area contributed by atoms with Crippen molar-refractivity contribution in [1.82, 2.24) is 5.32 Å². The molecule has 0 aromatic heterocycles. The van der Waals surface area contributed by atoms with Crippen molar-refractivity contribution >= 4 is 5.91 Å². The highest BCUT2D eigenvalue weighted by Crippen LogP contribution is 2.08. The van der Waals surface area contributed by atoms with Gasteiger partial charge in [0.2, 0.25) is 5.91 Å². The largest absolute Gasteiger partial charge is 0.394 e. The summed E-state index contributed by atoms with van der Waals surface area (Å²) in [4.78, 5) is 12.2. The van der Waals surface area contributed by atoms with Crippen LogP contribution in [0, 0.1) is 0 Å². The Kier molecular flexibility index (Phi) is 25.1. The van der Waals surface area contributed by atoms with E-state index in [2.05, 4.69) is 43.5 Å².